The number of aliphatic hydroxyl groups is 5. The number of oxazole rings is 1. The van der Waals surface area contributed by atoms with Gasteiger partial charge in [0, 0.05) is 68.8 Å². The molecule has 0 aromatic carbocycles. The minimum Gasteiger partial charge on any atom is -0.448 e. The molecule has 21 heteroatoms. The number of methoxy groups -OCH3 is 2. The van der Waals surface area contributed by atoms with Gasteiger partial charge in [-0.25, -0.2) is 9.55 Å². The van der Waals surface area contributed by atoms with Gasteiger partial charge in [-0.3, -0.25) is 14.1 Å². The Kier molecular flexibility index (Phi) is 23.7. The zero-order valence-electron chi connectivity index (χ0n) is 43.7. The molecule has 15 atom stereocenters. The first-order valence-electron chi connectivity index (χ1n) is 24.1. The number of likely N-dealkylation sites (N-methyl/N-ethyl adjacent to an activating group) is 1. The minimum absolute atomic E-state index is 0.0709. The van der Waals surface area contributed by atoms with E-state index in [4.69, 9.17) is 33.6 Å². The summed E-state index contributed by atoms with van der Waals surface area (Å²) in [6.07, 6.45) is 3.69. The van der Waals surface area contributed by atoms with E-state index < -0.39 is 110 Å². The summed E-state index contributed by atoms with van der Waals surface area (Å²) in [5.74, 6) is -4.23. The van der Waals surface area contributed by atoms with Crippen LogP contribution in [0.3, 0.4) is 0 Å². The number of carbonyl (C=O) groups excluding carboxylic acids is 2. The number of aliphatic hydroxyl groups excluding tert-OH is 5. The fourth-order valence-corrected chi connectivity index (χ4v) is 9.77. The van der Waals surface area contributed by atoms with Crippen molar-refractivity contribution in [3.05, 3.63) is 71.0 Å². The number of aromatic nitrogens is 1. The summed E-state index contributed by atoms with van der Waals surface area (Å²) in [4.78, 5) is 50.4. The lowest BCUT2D eigenvalue weighted by atomic mass is 9.72. The fourth-order valence-electron chi connectivity index (χ4n) is 9.09. The van der Waals surface area contributed by atoms with Crippen LogP contribution in [-0.2, 0) is 37.6 Å². The average molecular weight is 1030 g/mol. The molecule has 0 bridgehead atoms. The van der Waals surface area contributed by atoms with Crippen LogP contribution in [0.4, 0.5) is 0 Å². The fraction of sp³-hybridized carbons (Fsp3) is 0.700. The average Bonchev–Trinajstić information content (AvgIpc) is 3.83. The van der Waals surface area contributed by atoms with Crippen molar-refractivity contribution in [2.45, 2.75) is 161 Å². The topological polar surface area (TPSA) is 306 Å². The number of rotatable bonds is 27. The number of nitrogens with zero attached hydrogens (tertiary/aromatic N) is 2. The third-order valence-electron chi connectivity index (χ3n) is 14.1. The molecule has 0 aliphatic carbocycles. The van der Waals surface area contributed by atoms with Gasteiger partial charge in [-0.2, -0.15) is 0 Å². The highest BCUT2D eigenvalue weighted by molar-refractivity contribution is 7.46. The van der Waals surface area contributed by atoms with E-state index >= 15 is 0 Å². The van der Waals surface area contributed by atoms with E-state index in [0.717, 1.165) is 11.1 Å². The third-order valence-corrected chi connectivity index (χ3v) is 14.6. The van der Waals surface area contributed by atoms with Gasteiger partial charge in [0.25, 0.3) is 5.91 Å². The molecule has 2 aliphatic rings. The number of hydrogen-bond donors (Lipinski definition) is 9. The molecule has 2 saturated heterocycles. The van der Waals surface area contributed by atoms with Gasteiger partial charge in [-0.05, 0) is 64.9 Å². The molecule has 1 aromatic rings. The molecule has 10 N–H and O–H groups in total. The molecule has 0 unspecified atom stereocenters. The highest BCUT2D eigenvalue weighted by Crippen LogP contribution is 2.59. The molecule has 3 heterocycles. The Bertz CT molecular complexity index is 2080. The van der Waals surface area contributed by atoms with Crippen LogP contribution in [0.25, 0.3) is 6.08 Å². The predicted octanol–water partition coefficient (Wildman–Crippen LogP) is 3.65. The molecular weight excluding hydrogens is 944 g/mol. The van der Waals surface area contributed by atoms with Gasteiger partial charge < -0.3 is 74.6 Å². The highest BCUT2D eigenvalue weighted by atomic mass is 31.2. The van der Waals surface area contributed by atoms with Crippen LogP contribution in [-0.4, -0.2) is 165 Å². The summed E-state index contributed by atoms with van der Waals surface area (Å²) in [5.41, 5.74) is 6.90. The van der Waals surface area contributed by atoms with Gasteiger partial charge in [0.2, 0.25) is 5.91 Å². The normalized spacial score (nSPS) is 27.5. The Labute approximate surface area is 419 Å². The number of phosphoric ester groups is 1. The second-order valence-corrected chi connectivity index (χ2v) is 21.3. The summed E-state index contributed by atoms with van der Waals surface area (Å²) >= 11 is 0. The molecule has 2 aliphatic heterocycles. The number of carbonyl (C=O) groups is 2. The summed E-state index contributed by atoms with van der Waals surface area (Å²) in [7, 11) is 1.10. The SMILES string of the molecule is COC[C@H]([C@@H](O)[C@@H](O)C(=O)NCC[C@@H](C)c1nc(C=CC[C@H]2O[C@@]3(C[C@H](O)[C@H]2C)O[C@@H]([C@@H](C[C@@H](O)[C@@H](C)[C@@H](O)[C@@H](C)C=C(C)C(C)=CC=CC(C)=CC(N)=O)OC)[C@@H](OP(=O)(O)O)C3(C)C)co1)N(C)C. The van der Waals surface area contributed by atoms with Gasteiger partial charge in [-0.1, -0.05) is 77.5 Å². The maximum atomic E-state index is 12.6. The molecule has 3 rings (SSSR count). The van der Waals surface area contributed by atoms with Crippen molar-refractivity contribution in [2.75, 3.05) is 41.5 Å². The first-order chi connectivity index (χ1) is 33.0. The lowest BCUT2D eigenvalue weighted by molar-refractivity contribution is -0.334. The number of ether oxygens (including phenoxy) is 4. The molecule has 2 fully saturated rings. The van der Waals surface area contributed by atoms with Crippen LogP contribution in [0.1, 0.15) is 105 Å². The van der Waals surface area contributed by atoms with Crippen molar-refractivity contribution in [3.8, 4) is 0 Å². The first kappa shape index (κ1) is 61.9. The number of allylic oxidation sites excluding steroid dienone is 6. The van der Waals surface area contributed by atoms with E-state index in [1.54, 1.807) is 71.0 Å². The van der Waals surface area contributed by atoms with E-state index in [1.165, 1.54) is 26.6 Å². The predicted molar refractivity (Wildman–Crippen MR) is 266 cm³/mol. The highest BCUT2D eigenvalue weighted by Gasteiger charge is 2.68. The first-order valence-corrected chi connectivity index (χ1v) is 25.6. The summed E-state index contributed by atoms with van der Waals surface area (Å²) in [5, 5.41) is 58.3. The second-order valence-electron chi connectivity index (χ2n) is 20.1. The van der Waals surface area contributed by atoms with E-state index in [-0.39, 0.29) is 38.3 Å². The van der Waals surface area contributed by atoms with Gasteiger partial charge in [0.15, 0.2) is 17.8 Å². The summed E-state index contributed by atoms with van der Waals surface area (Å²) in [6.45, 7) is 16.4. The Morgan fingerprint density at radius 3 is 2.31 bits per heavy atom. The molecule has 0 saturated carbocycles. The Balaban J connectivity index is 1.74. The molecule has 20 nitrogen and oxygen atoms in total. The molecule has 1 spiro atoms. The van der Waals surface area contributed by atoms with E-state index in [1.807, 2.05) is 46.8 Å². The van der Waals surface area contributed by atoms with Crippen molar-refractivity contribution in [1.82, 2.24) is 15.2 Å². The quantitative estimate of drug-likeness (QED) is 0.0345. The number of amides is 2. The zero-order chi connectivity index (χ0) is 53.8. The van der Waals surface area contributed by atoms with Crippen LogP contribution in [0.5, 0.6) is 0 Å². The van der Waals surface area contributed by atoms with Crippen LogP contribution in [0.15, 0.2) is 63.9 Å². The number of nitrogens with one attached hydrogen (secondary N) is 1. The van der Waals surface area contributed by atoms with Gasteiger partial charge >= 0.3 is 7.82 Å². The Morgan fingerprint density at radius 1 is 1.06 bits per heavy atom. The maximum absolute atomic E-state index is 12.6. The summed E-state index contributed by atoms with van der Waals surface area (Å²) in [6, 6.07) is -0.597. The van der Waals surface area contributed by atoms with Crippen molar-refractivity contribution in [2.24, 2.45) is 28.9 Å². The maximum Gasteiger partial charge on any atom is 0.469 e. The van der Waals surface area contributed by atoms with Gasteiger partial charge in [0.05, 0.1) is 43.2 Å². The Morgan fingerprint density at radius 2 is 1.72 bits per heavy atom. The number of phosphoric acid groups is 1. The standard InChI is InChI=1S/C50H83N4O16P/c1-28(22-41(51)57)16-14-17-29(2)31(4)23-32(5)42(58)34(7)37(55)24-40(66-13)45-46(70-71(62,63)64)49(8,9)50(69-45)25-38(56)33(6)39(68-50)19-15-18-35-26-67-48(53-35)30(3)20-21-52-47(61)44(60)43(59)36(27-65-12)54(10)11/h14-18,22-23,26,30,32-34,36-40,42-46,55-56,58-60H,19-21,24-25,27H2,1-13H3,(H2,51,57)(H,52,61)(H2,62,63,64)/t30-,32+,33-,34-,36-,37-,38+,39-,40-,42+,43-,44-,45+,46-,50+/m1/s1. The molecule has 2 amide bonds. The lowest BCUT2D eigenvalue weighted by Crippen LogP contribution is -2.58. The monoisotopic (exact) mass is 1030 g/mol. The lowest BCUT2D eigenvalue weighted by Gasteiger charge is -2.50. The molecular formula is C50H83N4O16P. The van der Waals surface area contributed by atoms with Gasteiger partial charge in [-0.15, -0.1) is 0 Å². The number of nitrogens with two attached hydrogens (primary N) is 1. The van der Waals surface area contributed by atoms with Crippen LogP contribution in [0.2, 0.25) is 0 Å². The largest absolute Gasteiger partial charge is 0.469 e. The number of primary amides is 1. The van der Waals surface area contributed by atoms with E-state index in [9.17, 15) is 49.5 Å². The van der Waals surface area contributed by atoms with Crippen molar-refractivity contribution < 1.29 is 77.4 Å². The van der Waals surface area contributed by atoms with E-state index in [0.29, 0.717) is 23.6 Å². The van der Waals surface area contributed by atoms with Crippen LogP contribution >= 0.6 is 7.82 Å². The smallest absolute Gasteiger partial charge is 0.448 e. The van der Waals surface area contributed by atoms with Crippen molar-refractivity contribution in [3.63, 3.8) is 0 Å². The van der Waals surface area contributed by atoms with E-state index in [2.05, 4.69) is 10.3 Å². The minimum atomic E-state index is -5.16. The number of hydrogen-bond acceptors (Lipinski definition) is 16. The third kappa shape index (κ3) is 17.0. The molecule has 404 valence electrons. The second kappa shape index (κ2) is 27.2. The van der Waals surface area contributed by atoms with Gasteiger partial charge in [0.1, 0.15) is 30.3 Å². The molecule has 1 aromatic heterocycles. The van der Waals surface area contributed by atoms with Crippen molar-refractivity contribution in [1.29, 1.82) is 0 Å². The Hall–Kier alpha value is -3.44. The molecule has 71 heavy (non-hydrogen) atoms. The summed E-state index contributed by atoms with van der Waals surface area (Å²) < 4.78 is 48.2. The molecule has 0 radical (unpaired) electrons. The van der Waals surface area contributed by atoms with Crippen LogP contribution < -0.4 is 11.1 Å². The zero-order valence-corrected chi connectivity index (χ0v) is 44.6. The van der Waals surface area contributed by atoms with Crippen LogP contribution in [0, 0.1) is 23.2 Å². The van der Waals surface area contributed by atoms with Crippen molar-refractivity contribution >= 4 is 25.7 Å².